The predicted molar refractivity (Wildman–Crippen MR) is 206 cm³/mol. The molecule has 0 aliphatic carbocycles. The van der Waals surface area contributed by atoms with Gasteiger partial charge in [0.15, 0.2) is 0 Å². The maximum atomic E-state index is 2.40. The first-order valence-electron chi connectivity index (χ1n) is 16.2. The molecule has 0 aliphatic rings. The molecule has 0 bridgehead atoms. The van der Waals surface area contributed by atoms with E-state index in [0.29, 0.717) is 0 Å². The summed E-state index contributed by atoms with van der Waals surface area (Å²) in [5.74, 6) is 0. The Morgan fingerprint density at radius 2 is 0.745 bits per heavy atom. The van der Waals surface area contributed by atoms with Crippen molar-refractivity contribution in [3.05, 3.63) is 170 Å². The standard InChI is InChI=1S/C46H28S/c1-2-13-29(14-3-1)43-36-20-7-9-22-38(36)44(39-23-10-8-21-37(39)43)32-16-12-15-30(27-32)31-25-26-41-42(28-31)47-46-40-24-11-5-18-34(40)33-17-4-6-19-35(33)45(41)46/h1-28H. The number of hydrogen-bond acceptors (Lipinski definition) is 1. The zero-order valence-electron chi connectivity index (χ0n) is 25.6. The fraction of sp³-hybridized carbons (Fsp3) is 0. The van der Waals surface area contributed by atoms with Crippen LogP contribution in [0.1, 0.15) is 0 Å². The molecule has 0 aliphatic heterocycles. The largest absolute Gasteiger partial charge is 0.134 e. The van der Waals surface area contributed by atoms with E-state index in [1.807, 2.05) is 11.3 Å². The Hall–Kier alpha value is -5.76. The average molecular weight is 613 g/mol. The highest BCUT2D eigenvalue weighted by Gasteiger charge is 2.18. The van der Waals surface area contributed by atoms with Gasteiger partial charge in [0.2, 0.25) is 0 Å². The van der Waals surface area contributed by atoms with Crippen molar-refractivity contribution in [2.24, 2.45) is 0 Å². The monoisotopic (exact) mass is 612 g/mol. The summed E-state index contributed by atoms with van der Waals surface area (Å²) in [6.07, 6.45) is 0. The van der Waals surface area contributed by atoms with Crippen LogP contribution in [-0.4, -0.2) is 0 Å². The molecule has 0 atom stereocenters. The minimum atomic E-state index is 1.23. The van der Waals surface area contributed by atoms with E-state index in [9.17, 15) is 0 Å². The lowest BCUT2D eigenvalue weighted by atomic mass is 9.85. The van der Waals surface area contributed by atoms with Gasteiger partial charge in [-0.2, -0.15) is 0 Å². The molecule has 0 spiro atoms. The summed E-state index contributed by atoms with van der Waals surface area (Å²) in [6, 6.07) is 62.5. The molecule has 1 heterocycles. The van der Waals surface area contributed by atoms with Crippen molar-refractivity contribution in [2.75, 3.05) is 0 Å². The molecule has 47 heavy (non-hydrogen) atoms. The number of rotatable bonds is 3. The molecule has 0 nitrogen and oxygen atoms in total. The normalized spacial score (nSPS) is 11.8. The third-order valence-electron chi connectivity index (χ3n) is 9.83. The van der Waals surface area contributed by atoms with E-state index in [-0.39, 0.29) is 0 Å². The Labute approximate surface area is 276 Å². The summed E-state index contributed by atoms with van der Waals surface area (Å²) < 4.78 is 2.70. The van der Waals surface area contributed by atoms with Crippen LogP contribution in [0.5, 0.6) is 0 Å². The number of thiophene rings is 1. The minimum Gasteiger partial charge on any atom is -0.134 e. The van der Waals surface area contributed by atoms with Crippen molar-refractivity contribution in [1.29, 1.82) is 0 Å². The second kappa shape index (κ2) is 10.4. The second-order valence-electron chi connectivity index (χ2n) is 12.4. The fourth-order valence-corrected chi connectivity index (χ4v) is 9.09. The molecule has 0 saturated heterocycles. The molecule has 0 saturated carbocycles. The lowest BCUT2D eigenvalue weighted by molar-refractivity contribution is 1.63. The molecular formula is C46H28S. The van der Waals surface area contributed by atoms with Gasteiger partial charge in [0, 0.05) is 25.6 Å². The smallest absolute Gasteiger partial charge is 0.0440 e. The van der Waals surface area contributed by atoms with E-state index in [0.717, 1.165) is 0 Å². The topological polar surface area (TPSA) is 0 Å². The minimum absolute atomic E-state index is 1.23. The van der Waals surface area contributed by atoms with E-state index in [4.69, 9.17) is 0 Å². The Bertz CT molecular complexity index is 2780. The summed E-state index contributed by atoms with van der Waals surface area (Å²) in [4.78, 5) is 0. The van der Waals surface area contributed by atoms with Crippen molar-refractivity contribution in [3.63, 3.8) is 0 Å². The molecule has 0 amide bonds. The van der Waals surface area contributed by atoms with E-state index >= 15 is 0 Å². The van der Waals surface area contributed by atoms with Gasteiger partial charge in [-0.3, -0.25) is 0 Å². The van der Waals surface area contributed by atoms with Gasteiger partial charge >= 0.3 is 0 Å². The SMILES string of the molecule is c1ccc(-c2c3ccccc3c(-c3cccc(-c4ccc5c(c4)sc4c6ccccc6c6ccccc6c54)c3)c3ccccc23)cc1. The zero-order chi connectivity index (χ0) is 30.9. The Morgan fingerprint density at radius 3 is 1.40 bits per heavy atom. The Kier molecular flexibility index (Phi) is 5.85. The maximum Gasteiger partial charge on any atom is 0.0440 e. The van der Waals surface area contributed by atoms with Crippen molar-refractivity contribution < 1.29 is 0 Å². The molecule has 0 unspecified atom stereocenters. The van der Waals surface area contributed by atoms with E-state index in [2.05, 4.69) is 170 Å². The molecule has 10 aromatic rings. The highest BCUT2D eigenvalue weighted by molar-refractivity contribution is 7.27. The van der Waals surface area contributed by atoms with Gasteiger partial charge in [0.1, 0.15) is 0 Å². The summed E-state index contributed by atoms with van der Waals surface area (Å²) in [5.41, 5.74) is 7.55. The van der Waals surface area contributed by atoms with E-state index in [1.165, 1.54) is 96.6 Å². The van der Waals surface area contributed by atoms with Crippen LogP contribution >= 0.6 is 11.3 Å². The van der Waals surface area contributed by atoms with Gasteiger partial charge in [0.05, 0.1) is 0 Å². The first-order valence-corrected chi connectivity index (χ1v) is 17.0. The van der Waals surface area contributed by atoms with Crippen LogP contribution in [0.3, 0.4) is 0 Å². The van der Waals surface area contributed by atoms with Crippen LogP contribution in [0.4, 0.5) is 0 Å². The molecular weight excluding hydrogens is 585 g/mol. The van der Waals surface area contributed by atoms with Gasteiger partial charge in [-0.15, -0.1) is 11.3 Å². The van der Waals surface area contributed by atoms with E-state index < -0.39 is 0 Å². The molecule has 218 valence electrons. The highest BCUT2D eigenvalue weighted by Crippen LogP contribution is 2.46. The van der Waals surface area contributed by atoms with E-state index in [1.54, 1.807) is 0 Å². The third kappa shape index (κ3) is 4.00. The van der Waals surface area contributed by atoms with Gasteiger partial charge in [-0.25, -0.2) is 0 Å². The van der Waals surface area contributed by atoms with Crippen LogP contribution in [-0.2, 0) is 0 Å². The molecule has 1 aromatic heterocycles. The van der Waals surface area contributed by atoms with Crippen LogP contribution in [0, 0.1) is 0 Å². The van der Waals surface area contributed by atoms with Crippen LogP contribution in [0.15, 0.2) is 170 Å². The highest BCUT2D eigenvalue weighted by atomic mass is 32.1. The van der Waals surface area contributed by atoms with Crippen molar-refractivity contribution in [3.8, 4) is 33.4 Å². The number of fused-ring (bicyclic) bond motifs is 10. The quantitative estimate of drug-likeness (QED) is 0.138. The second-order valence-corrected chi connectivity index (χ2v) is 13.4. The summed E-state index contributed by atoms with van der Waals surface area (Å²) in [7, 11) is 0. The Balaban J connectivity index is 1.19. The third-order valence-corrected chi connectivity index (χ3v) is 11.0. The molecule has 0 radical (unpaired) electrons. The Morgan fingerprint density at radius 1 is 0.277 bits per heavy atom. The number of hydrogen-bond donors (Lipinski definition) is 0. The van der Waals surface area contributed by atoms with Gasteiger partial charge in [0.25, 0.3) is 0 Å². The zero-order valence-corrected chi connectivity index (χ0v) is 26.4. The molecule has 1 heteroatoms. The van der Waals surface area contributed by atoms with Crippen molar-refractivity contribution >= 4 is 74.6 Å². The lowest BCUT2D eigenvalue weighted by Gasteiger charge is -2.18. The van der Waals surface area contributed by atoms with Crippen molar-refractivity contribution in [1.82, 2.24) is 0 Å². The van der Waals surface area contributed by atoms with Gasteiger partial charge in [-0.05, 0) is 83.2 Å². The lowest BCUT2D eigenvalue weighted by Crippen LogP contribution is -1.91. The van der Waals surface area contributed by atoms with Crippen LogP contribution < -0.4 is 0 Å². The van der Waals surface area contributed by atoms with Crippen LogP contribution in [0.25, 0.3) is 96.6 Å². The first kappa shape index (κ1) is 26.5. The summed E-state index contributed by atoms with van der Waals surface area (Å²) >= 11 is 1.92. The van der Waals surface area contributed by atoms with Crippen molar-refractivity contribution in [2.45, 2.75) is 0 Å². The molecule has 9 aromatic carbocycles. The van der Waals surface area contributed by atoms with Gasteiger partial charge < -0.3 is 0 Å². The average Bonchev–Trinajstić information content (AvgIpc) is 3.54. The maximum absolute atomic E-state index is 2.40. The fourth-order valence-electron chi connectivity index (χ4n) is 7.79. The molecule has 0 fully saturated rings. The van der Waals surface area contributed by atoms with Gasteiger partial charge in [-0.1, -0.05) is 158 Å². The summed E-state index contributed by atoms with van der Waals surface area (Å²) in [5, 5.41) is 13.1. The predicted octanol–water partition coefficient (Wildman–Crippen LogP) is 13.7. The molecule has 10 rings (SSSR count). The molecule has 0 N–H and O–H groups in total. The van der Waals surface area contributed by atoms with Crippen LogP contribution in [0.2, 0.25) is 0 Å². The first-order chi connectivity index (χ1) is 23.3. The number of benzene rings is 9. The summed E-state index contributed by atoms with van der Waals surface area (Å²) in [6.45, 7) is 0.